The molecule has 0 amide bonds. The van der Waals surface area contributed by atoms with Crippen LogP contribution in [0.15, 0.2) is 0 Å². The molecule has 0 rings (SSSR count). The van der Waals surface area contributed by atoms with Crippen molar-refractivity contribution >= 4 is 17.9 Å². The van der Waals surface area contributed by atoms with Crippen LogP contribution in [0.2, 0.25) is 0 Å². The number of hydrogen-bond donors (Lipinski definition) is 0. The second-order valence-electron chi connectivity index (χ2n) is 17.4. The zero-order valence-electron chi connectivity index (χ0n) is 37.0. The van der Waals surface area contributed by atoms with E-state index in [1.165, 1.54) is 135 Å². The van der Waals surface area contributed by atoms with Crippen LogP contribution in [0.25, 0.3) is 0 Å². The average Bonchev–Trinajstić information content (AvgIpc) is 3.15. The Morgan fingerprint density at radius 3 is 0.963 bits per heavy atom. The van der Waals surface area contributed by atoms with Gasteiger partial charge in [-0.05, 0) is 37.0 Å². The smallest absolute Gasteiger partial charge is 0.306 e. The molecule has 0 saturated heterocycles. The molecule has 0 fully saturated rings. The molecule has 0 aromatic rings. The lowest BCUT2D eigenvalue weighted by Crippen LogP contribution is -2.30. The van der Waals surface area contributed by atoms with Gasteiger partial charge in [-0.1, -0.05) is 215 Å². The summed E-state index contributed by atoms with van der Waals surface area (Å²) in [5, 5.41) is 0. The number of carbonyl (C=O) groups excluding carboxylic acids is 3. The van der Waals surface area contributed by atoms with Crippen molar-refractivity contribution in [1.82, 2.24) is 0 Å². The van der Waals surface area contributed by atoms with Crippen LogP contribution in [0.1, 0.15) is 253 Å². The fourth-order valence-corrected chi connectivity index (χ4v) is 6.99. The largest absolute Gasteiger partial charge is 0.462 e. The molecule has 0 aromatic heterocycles. The van der Waals surface area contributed by atoms with Gasteiger partial charge >= 0.3 is 17.9 Å². The van der Waals surface area contributed by atoms with Gasteiger partial charge < -0.3 is 14.2 Å². The molecule has 0 aliphatic heterocycles. The maximum absolute atomic E-state index is 12.7. The van der Waals surface area contributed by atoms with Crippen LogP contribution in [-0.2, 0) is 28.6 Å². The fourth-order valence-electron chi connectivity index (χ4n) is 6.99. The van der Waals surface area contributed by atoms with E-state index >= 15 is 0 Å². The minimum atomic E-state index is -0.762. The molecule has 2 unspecified atom stereocenters. The predicted molar refractivity (Wildman–Crippen MR) is 229 cm³/mol. The van der Waals surface area contributed by atoms with Crippen molar-refractivity contribution < 1.29 is 28.6 Å². The van der Waals surface area contributed by atoms with Gasteiger partial charge in [-0.15, -0.1) is 0 Å². The summed E-state index contributed by atoms with van der Waals surface area (Å²) in [7, 11) is 0. The van der Waals surface area contributed by atoms with E-state index < -0.39 is 6.10 Å². The number of hydrogen-bond acceptors (Lipinski definition) is 6. The summed E-state index contributed by atoms with van der Waals surface area (Å²) in [6.45, 7) is 13.7. The van der Waals surface area contributed by atoms with E-state index in [9.17, 15) is 14.4 Å². The Morgan fingerprint density at radius 1 is 0.370 bits per heavy atom. The van der Waals surface area contributed by atoms with Gasteiger partial charge in [-0.3, -0.25) is 14.4 Å². The van der Waals surface area contributed by atoms with Crippen LogP contribution in [0, 0.1) is 17.8 Å². The second-order valence-corrected chi connectivity index (χ2v) is 17.4. The van der Waals surface area contributed by atoms with Gasteiger partial charge in [0.25, 0.3) is 0 Å². The Morgan fingerprint density at radius 2 is 0.648 bits per heavy atom. The molecule has 6 heteroatoms. The first-order valence-electron chi connectivity index (χ1n) is 23.7. The Labute approximate surface area is 336 Å². The molecule has 6 nitrogen and oxygen atoms in total. The molecule has 0 bridgehead atoms. The van der Waals surface area contributed by atoms with Crippen LogP contribution in [0.4, 0.5) is 0 Å². The third kappa shape index (κ3) is 38.7. The van der Waals surface area contributed by atoms with Crippen LogP contribution in [-0.4, -0.2) is 37.2 Å². The van der Waals surface area contributed by atoms with Crippen molar-refractivity contribution in [2.75, 3.05) is 13.2 Å². The standard InChI is InChI=1S/C48H92O6/c1-7-43(5)35-29-23-17-13-9-10-14-18-25-31-37-46(49)52-40-45(41-53-47(50)38-32-26-21-20-24-30-36-44(6)8-2)54-48(51)39-33-27-19-15-11-12-16-22-28-34-42(3)4/h42-45H,7-41H2,1-6H3/t43?,44?,45-/m0/s1. The monoisotopic (exact) mass is 765 g/mol. The minimum Gasteiger partial charge on any atom is -0.462 e. The normalized spacial score (nSPS) is 13.2. The SMILES string of the molecule is CCC(C)CCCCCCCCCCCCC(=O)OC[C@@H](COC(=O)CCCCCCCCC(C)CC)OC(=O)CCCCCCCCCCCC(C)C. The van der Waals surface area contributed by atoms with Crippen LogP contribution < -0.4 is 0 Å². The van der Waals surface area contributed by atoms with E-state index in [0.717, 1.165) is 75.5 Å². The summed E-state index contributed by atoms with van der Waals surface area (Å²) in [5.41, 5.74) is 0. The van der Waals surface area contributed by atoms with E-state index in [1.54, 1.807) is 0 Å². The quantitative estimate of drug-likeness (QED) is 0.0350. The zero-order chi connectivity index (χ0) is 39.9. The maximum atomic E-state index is 12.7. The molecule has 0 N–H and O–H groups in total. The third-order valence-electron chi connectivity index (χ3n) is 11.4. The molecule has 320 valence electrons. The van der Waals surface area contributed by atoms with Gasteiger partial charge in [0.1, 0.15) is 13.2 Å². The van der Waals surface area contributed by atoms with Crippen molar-refractivity contribution in [3.05, 3.63) is 0 Å². The highest BCUT2D eigenvalue weighted by Gasteiger charge is 2.19. The van der Waals surface area contributed by atoms with Gasteiger partial charge in [0.15, 0.2) is 6.10 Å². The zero-order valence-corrected chi connectivity index (χ0v) is 37.0. The van der Waals surface area contributed by atoms with E-state index in [1.807, 2.05) is 0 Å². The molecule has 0 aromatic carbocycles. The van der Waals surface area contributed by atoms with Crippen LogP contribution in [0.3, 0.4) is 0 Å². The molecule has 0 aliphatic carbocycles. The summed E-state index contributed by atoms with van der Waals surface area (Å²) in [4.78, 5) is 37.8. The first-order valence-corrected chi connectivity index (χ1v) is 23.7. The minimum absolute atomic E-state index is 0.0664. The molecule has 0 heterocycles. The Hall–Kier alpha value is -1.59. The number of unbranched alkanes of at least 4 members (excludes halogenated alkanes) is 22. The van der Waals surface area contributed by atoms with E-state index in [-0.39, 0.29) is 31.1 Å². The lowest BCUT2D eigenvalue weighted by Gasteiger charge is -2.18. The lowest BCUT2D eigenvalue weighted by atomic mass is 9.99. The fraction of sp³-hybridized carbons (Fsp3) is 0.938. The highest BCUT2D eigenvalue weighted by atomic mass is 16.6. The molecule has 0 aliphatic rings. The second kappa shape index (κ2) is 39.6. The van der Waals surface area contributed by atoms with Crippen molar-refractivity contribution in [3.63, 3.8) is 0 Å². The summed E-state index contributed by atoms with van der Waals surface area (Å²) in [6.07, 6.45) is 36.6. The Kier molecular flexibility index (Phi) is 38.5. The molecule has 3 atom stereocenters. The molecule has 0 spiro atoms. The van der Waals surface area contributed by atoms with Gasteiger partial charge in [0, 0.05) is 19.3 Å². The van der Waals surface area contributed by atoms with Crippen molar-refractivity contribution in [2.45, 2.75) is 260 Å². The van der Waals surface area contributed by atoms with Gasteiger partial charge in [0.05, 0.1) is 0 Å². The van der Waals surface area contributed by atoms with Gasteiger partial charge in [-0.25, -0.2) is 0 Å². The van der Waals surface area contributed by atoms with Crippen LogP contribution >= 0.6 is 0 Å². The number of esters is 3. The number of rotatable bonds is 41. The first-order chi connectivity index (χ1) is 26.2. The molecule has 54 heavy (non-hydrogen) atoms. The molecular formula is C48H92O6. The highest BCUT2D eigenvalue weighted by molar-refractivity contribution is 5.71. The summed E-state index contributed by atoms with van der Waals surface area (Å²) < 4.78 is 16.7. The average molecular weight is 765 g/mol. The highest BCUT2D eigenvalue weighted by Crippen LogP contribution is 2.18. The molecule has 0 radical (unpaired) electrons. The lowest BCUT2D eigenvalue weighted by molar-refractivity contribution is -0.167. The number of carbonyl (C=O) groups is 3. The topological polar surface area (TPSA) is 78.9 Å². The van der Waals surface area contributed by atoms with E-state index in [2.05, 4.69) is 41.5 Å². The first kappa shape index (κ1) is 52.4. The van der Waals surface area contributed by atoms with E-state index in [0.29, 0.717) is 19.3 Å². The van der Waals surface area contributed by atoms with Crippen molar-refractivity contribution in [2.24, 2.45) is 17.8 Å². The maximum Gasteiger partial charge on any atom is 0.306 e. The summed E-state index contributed by atoms with van der Waals surface area (Å²) in [6, 6.07) is 0. The third-order valence-corrected chi connectivity index (χ3v) is 11.4. The van der Waals surface area contributed by atoms with Crippen molar-refractivity contribution in [1.29, 1.82) is 0 Å². The Balaban J connectivity index is 4.35. The van der Waals surface area contributed by atoms with Gasteiger partial charge in [-0.2, -0.15) is 0 Å². The predicted octanol–water partition coefficient (Wildman–Crippen LogP) is 14.8. The number of ether oxygens (including phenoxy) is 3. The molecular weight excluding hydrogens is 673 g/mol. The van der Waals surface area contributed by atoms with Gasteiger partial charge in [0.2, 0.25) is 0 Å². The summed E-state index contributed by atoms with van der Waals surface area (Å²) >= 11 is 0. The van der Waals surface area contributed by atoms with Crippen molar-refractivity contribution in [3.8, 4) is 0 Å². The molecule has 0 saturated carbocycles. The van der Waals surface area contributed by atoms with E-state index in [4.69, 9.17) is 14.2 Å². The Bertz CT molecular complexity index is 841. The van der Waals surface area contributed by atoms with Crippen LogP contribution in [0.5, 0.6) is 0 Å². The summed E-state index contributed by atoms with van der Waals surface area (Å²) in [5.74, 6) is 1.63.